The number of hydrogen-bond acceptors (Lipinski definition) is 4. The van der Waals surface area contributed by atoms with Crippen LogP contribution >= 0.6 is 0 Å². The van der Waals surface area contributed by atoms with Gasteiger partial charge in [0.05, 0.1) is 48.0 Å². The van der Waals surface area contributed by atoms with Crippen LogP contribution in [0.2, 0.25) is 0 Å². The van der Waals surface area contributed by atoms with Gasteiger partial charge in [-0.1, -0.05) is 12.1 Å². The van der Waals surface area contributed by atoms with Crippen molar-refractivity contribution >= 4 is 45.0 Å². The second-order valence-electron chi connectivity index (χ2n) is 9.10. The maximum Gasteiger partial charge on any atom is 0.246 e. The topological polar surface area (TPSA) is 45.9 Å². The summed E-state index contributed by atoms with van der Waals surface area (Å²) in [6.07, 6.45) is 3.58. The highest BCUT2D eigenvalue weighted by molar-refractivity contribution is 6.18. The van der Waals surface area contributed by atoms with Crippen molar-refractivity contribution < 1.29 is 18.8 Å². The van der Waals surface area contributed by atoms with Gasteiger partial charge in [0.1, 0.15) is 12.8 Å². The van der Waals surface area contributed by atoms with Gasteiger partial charge < -0.3 is 19.3 Å². The van der Waals surface area contributed by atoms with Gasteiger partial charge in [-0.05, 0) is 42.0 Å². The molecule has 4 aromatic rings. The molecule has 176 valence electrons. The minimum absolute atomic E-state index is 0.0238. The van der Waals surface area contributed by atoms with Crippen molar-refractivity contribution in [2.75, 3.05) is 45.4 Å². The number of hydrogen-bond donors (Lipinski definition) is 0. The fourth-order valence-corrected chi connectivity index (χ4v) is 5.37. The van der Waals surface area contributed by atoms with E-state index < -0.39 is 0 Å². The lowest BCUT2D eigenvalue weighted by Gasteiger charge is -2.29. The van der Waals surface area contributed by atoms with Crippen LogP contribution in [-0.4, -0.2) is 51.3 Å². The van der Waals surface area contributed by atoms with E-state index in [1.54, 1.807) is 13.2 Å². The lowest BCUT2D eigenvalue weighted by molar-refractivity contribution is -0.632. The zero-order valence-corrected chi connectivity index (χ0v) is 20.2. The maximum atomic E-state index is 12.6. The normalized spacial score (nSPS) is 15.2. The lowest BCUT2D eigenvalue weighted by Crippen LogP contribution is -2.39. The molecule has 6 heteroatoms. The monoisotopic (exact) mass is 466 g/mol. The second-order valence-corrected chi connectivity index (χ2v) is 9.10. The first-order chi connectivity index (χ1) is 17.1. The molecule has 1 aromatic heterocycles. The van der Waals surface area contributed by atoms with E-state index in [1.165, 1.54) is 22.3 Å². The largest absolute Gasteiger partial charge is 0.497 e. The molecule has 2 aliphatic rings. The standard InChI is InChI=1S/C29H28N3O3/c1-30-24-7-5-4-6-21(24)29-28-23(17-20(34-3)18-26(28)30)22-16-19(8-10-25(22)31(29)2)9-11-27(33)32-12-14-35-15-13-32/h4-11,16-18H,12-15H2,1-3H3/q+1/b11-9+. The molecule has 0 aliphatic carbocycles. The van der Waals surface area contributed by atoms with E-state index in [-0.39, 0.29) is 5.91 Å². The van der Waals surface area contributed by atoms with Crippen LogP contribution in [0.3, 0.4) is 0 Å². The predicted molar refractivity (Wildman–Crippen MR) is 139 cm³/mol. The number of morpholine rings is 1. The summed E-state index contributed by atoms with van der Waals surface area (Å²) in [6, 6.07) is 19.1. The van der Waals surface area contributed by atoms with Crippen molar-refractivity contribution in [3.8, 4) is 17.0 Å². The van der Waals surface area contributed by atoms with Crippen LogP contribution in [0.5, 0.6) is 5.75 Å². The summed E-state index contributed by atoms with van der Waals surface area (Å²) in [4.78, 5) is 16.7. The number of carbonyl (C=O) groups excluding carboxylic acids is 1. The Labute approximate surface area is 204 Å². The SMILES string of the molecule is COc1cc2c3c([n+](C)c4ccc(/C=C/C(=O)N5CCOCC5)cc4c3c1)-c1ccccc1N2C. The number of nitrogens with zero attached hydrogens (tertiary/aromatic N) is 3. The Kier molecular flexibility index (Phi) is 5.19. The van der Waals surface area contributed by atoms with Crippen molar-refractivity contribution in [3.05, 3.63) is 66.2 Å². The molecule has 6 rings (SSSR count). The Hall–Kier alpha value is -3.90. The summed E-state index contributed by atoms with van der Waals surface area (Å²) < 4.78 is 13.4. The summed E-state index contributed by atoms with van der Waals surface area (Å²) >= 11 is 0. The highest BCUT2D eigenvalue weighted by Gasteiger charge is 2.31. The molecule has 6 nitrogen and oxygen atoms in total. The third-order valence-corrected chi connectivity index (χ3v) is 7.19. The fraction of sp³-hybridized carbons (Fsp3) is 0.241. The zero-order valence-electron chi connectivity index (χ0n) is 20.2. The Morgan fingerprint density at radius 2 is 1.83 bits per heavy atom. The molecule has 0 N–H and O–H groups in total. The number of para-hydroxylation sites is 1. The van der Waals surface area contributed by atoms with Crippen LogP contribution in [0.25, 0.3) is 39.0 Å². The highest BCUT2D eigenvalue weighted by atomic mass is 16.5. The third-order valence-electron chi connectivity index (χ3n) is 7.19. The van der Waals surface area contributed by atoms with Crippen LogP contribution in [0, 0.1) is 0 Å². The Morgan fingerprint density at radius 1 is 1.03 bits per heavy atom. The number of aromatic nitrogens is 1. The van der Waals surface area contributed by atoms with E-state index in [9.17, 15) is 4.79 Å². The minimum Gasteiger partial charge on any atom is -0.497 e. The second kappa shape index (κ2) is 8.40. The third kappa shape index (κ3) is 3.44. The summed E-state index contributed by atoms with van der Waals surface area (Å²) in [5.41, 5.74) is 6.82. The van der Waals surface area contributed by atoms with Crippen LogP contribution in [0.15, 0.2) is 60.7 Å². The average Bonchev–Trinajstić information content (AvgIpc) is 2.91. The van der Waals surface area contributed by atoms with Gasteiger partial charge in [-0.3, -0.25) is 4.79 Å². The smallest absolute Gasteiger partial charge is 0.246 e. The number of rotatable bonds is 3. The quantitative estimate of drug-likeness (QED) is 0.254. The molecule has 3 aromatic carbocycles. The number of pyridine rings is 1. The summed E-state index contributed by atoms with van der Waals surface area (Å²) in [5.74, 6) is 0.846. The molecule has 1 amide bonds. The molecule has 1 saturated heterocycles. The molecule has 0 bridgehead atoms. The van der Waals surface area contributed by atoms with Crippen molar-refractivity contribution in [1.29, 1.82) is 0 Å². The van der Waals surface area contributed by atoms with E-state index in [4.69, 9.17) is 9.47 Å². The summed E-state index contributed by atoms with van der Waals surface area (Å²) in [6.45, 7) is 2.48. The molecular formula is C29H28N3O3+. The van der Waals surface area contributed by atoms with E-state index in [0.29, 0.717) is 26.3 Å². The number of benzene rings is 3. The molecular weight excluding hydrogens is 438 g/mol. The lowest BCUT2D eigenvalue weighted by atomic mass is 9.92. The Balaban J connectivity index is 1.56. The van der Waals surface area contributed by atoms with Crippen molar-refractivity contribution in [3.63, 3.8) is 0 Å². The molecule has 35 heavy (non-hydrogen) atoms. The van der Waals surface area contributed by atoms with Gasteiger partial charge >= 0.3 is 0 Å². The molecule has 0 atom stereocenters. The molecule has 3 heterocycles. The Morgan fingerprint density at radius 3 is 2.63 bits per heavy atom. The van der Waals surface area contributed by atoms with Gasteiger partial charge in [-0.2, -0.15) is 4.57 Å². The van der Waals surface area contributed by atoms with Crippen LogP contribution in [0.4, 0.5) is 11.4 Å². The van der Waals surface area contributed by atoms with E-state index in [2.05, 4.69) is 78.2 Å². The number of amides is 1. The highest BCUT2D eigenvalue weighted by Crippen LogP contribution is 2.48. The number of anilines is 2. The number of fused-ring (bicyclic) bond motifs is 4. The van der Waals surface area contributed by atoms with E-state index in [1.807, 2.05) is 11.0 Å². The van der Waals surface area contributed by atoms with Gasteiger partial charge in [-0.25, -0.2) is 0 Å². The minimum atomic E-state index is 0.0238. The van der Waals surface area contributed by atoms with Crippen LogP contribution in [-0.2, 0) is 16.6 Å². The number of carbonyl (C=O) groups is 1. The van der Waals surface area contributed by atoms with Crippen LogP contribution in [0.1, 0.15) is 5.56 Å². The van der Waals surface area contributed by atoms with Gasteiger partial charge in [0, 0.05) is 43.7 Å². The summed E-state index contributed by atoms with van der Waals surface area (Å²) in [7, 11) is 5.95. The molecule has 0 radical (unpaired) electrons. The number of methoxy groups -OCH3 is 1. The van der Waals surface area contributed by atoms with Crippen LogP contribution < -0.4 is 14.2 Å². The van der Waals surface area contributed by atoms with Crippen molar-refractivity contribution in [2.24, 2.45) is 7.05 Å². The maximum absolute atomic E-state index is 12.6. The predicted octanol–water partition coefficient (Wildman–Crippen LogP) is 4.45. The first kappa shape index (κ1) is 21.6. The van der Waals surface area contributed by atoms with Gasteiger partial charge in [-0.15, -0.1) is 0 Å². The number of ether oxygens (including phenoxy) is 2. The number of aryl methyl sites for hydroxylation is 1. The average molecular weight is 467 g/mol. The van der Waals surface area contributed by atoms with Crippen molar-refractivity contribution in [2.45, 2.75) is 0 Å². The van der Waals surface area contributed by atoms with Gasteiger partial charge in [0.15, 0.2) is 0 Å². The van der Waals surface area contributed by atoms with Gasteiger partial charge in [0.25, 0.3) is 0 Å². The molecule has 1 fully saturated rings. The fourth-order valence-electron chi connectivity index (χ4n) is 5.37. The Bertz CT molecular complexity index is 1520. The van der Waals surface area contributed by atoms with Gasteiger partial charge in [0.2, 0.25) is 17.1 Å². The first-order valence-corrected chi connectivity index (χ1v) is 11.9. The first-order valence-electron chi connectivity index (χ1n) is 11.9. The van der Waals surface area contributed by atoms with Crippen molar-refractivity contribution in [1.82, 2.24) is 4.90 Å². The van der Waals surface area contributed by atoms with E-state index >= 15 is 0 Å². The molecule has 2 aliphatic heterocycles. The molecule has 0 unspecified atom stereocenters. The molecule has 0 spiro atoms. The van der Waals surface area contributed by atoms with E-state index in [0.717, 1.165) is 33.3 Å². The molecule has 0 saturated carbocycles. The zero-order chi connectivity index (χ0) is 24.1. The summed E-state index contributed by atoms with van der Waals surface area (Å²) in [5, 5.41) is 3.46.